The minimum absolute atomic E-state index is 0. The van der Waals surface area contributed by atoms with Crippen molar-refractivity contribution in [2.75, 3.05) is 40.0 Å². The van der Waals surface area contributed by atoms with Crippen LogP contribution in [0.4, 0.5) is 0 Å². The van der Waals surface area contributed by atoms with Crippen molar-refractivity contribution in [3.8, 4) is 0 Å². The molecule has 1 aliphatic rings. The SMILES string of the molecule is CCCOC1(CN=C(NCC)NCCCOC)CCCCC1.I. The molecule has 0 atom stereocenters. The van der Waals surface area contributed by atoms with Gasteiger partial charge in [-0.2, -0.15) is 0 Å². The smallest absolute Gasteiger partial charge is 0.191 e. The maximum absolute atomic E-state index is 6.21. The van der Waals surface area contributed by atoms with Crippen molar-refractivity contribution in [2.45, 2.75) is 64.4 Å². The monoisotopic (exact) mass is 441 g/mol. The van der Waals surface area contributed by atoms with Crippen LogP contribution in [0.1, 0.15) is 58.8 Å². The molecule has 0 bridgehead atoms. The third-order valence-electron chi connectivity index (χ3n) is 4.06. The topological polar surface area (TPSA) is 54.9 Å². The van der Waals surface area contributed by atoms with Gasteiger partial charge in [0.25, 0.3) is 0 Å². The Hall–Kier alpha value is -0.0800. The Morgan fingerprint density at radius 3 is 2.43 bits per heavy atom. The van der Waals surface area contributed by atoms with Gasteiger partial charge >= 0.3 is 0 Å². The third kappa shape index (κ3) is 9.72. The molecule has 6 heteroatoms. The summed E-state index contributed by atoms with van der Waals surface area (Å²) >= 11 is 0. The van der Waals surface area contributed by atoms with E-state index in [1.807, 2.05) is 0 Å². The molecule has 0 aromatic carbocycles. The van der Waals surface area contributed by atoms with Crippen molar-refractivity contribution in [3.63, 3.8) is 0 Å². The molecule has 23 heavy (non-hydrogen) atoms. The Kier molecular flexibility index (Phi) is 14.2. The minimum atomic E-state index is -0.0386. The van der Waals surface area contributed by atoms with E-state index >= 15 is 0 Å². The molecule has 1 fully saturated rings. The lowest BCUT2D eigenvalue weighted by atomic mass is 9.84. The Balaban J connectivity index is 0.00000484. The van der Waals surface area contributed by atoms with E-state index in [1.54, 1.807) is 7.11 Å². The molecular formula is C17H36IN3O2. The predicted octanol–water partition coefficient (Wildman–Crippen LogP) is 3.33. The van der Waals surface area contributed by atoms with Gasteiger partial charge < -0.3 is 20.1 Å². The molecule has 1 rings (SSSR count). The van der Waals surface area contributed by atoms with Gasteiger partial charge in [0.05, 0.1) is 12.1 Å². The van der Waals surface area contributed by atoms with Crippen LogP contribution >= 0.6 is 24.0 Å². The van der Waals surface area contributed by atoms with Gasteiger partial charge in [-0.25, -0.2) is 0 Å². The molecule has 0 amide bonds. The van der Waals surface area contributed by atoms with Crippen molar-refractivity contribution in [1.82, 2.24) is 10.6 Å². The number of guanidine groups is 1. The number of nitrogens with one attached hydrogen (secondary N) is 2. The third-order valence-corrected chi connectivity index (χ3v) is 4.06. The molecule has 1 saturated carbocycles. The lowest BCUT2D eigenvalue weighted by molar-refractivity contribution is -0.0624. The van der Waals surface area contributed by atoms with Gasteiger partial charge in [-0.3, -0.25) is 4.99 Å². The van der Waals surface area contributed by atoms with E-state index in [2.05, 4.69) is 24.5 Å². The molecule has 0 aromatic rings. The van der Waals surface area contributed by atoms with Crippen LogP contribution in [0.15, 0.2) is 4.99 Å². The van der Waals surface area contributed by atoms with Gasteiger partial charge in [-0.05, 0) is 32.6 Å². The fourth-order valence-electron chi connectivity index (χ4n) is 2.85. The van der Waals surface area contributed by atoms with Gasteiger partial charge in [0.15, 0.2) is 5.96 Å². The van der Waals surface area contributed by atoms with Crippen LogP contribution < -0.4 is 10.6 Å². The summed E-state index contributed by atoms with van der Waals surface area (Å²) in [5.74, 6) is 0.892. The number of halogens is 1. The number of aliphatic imine (C=N–C) groups is 1. The second-order valence-corrected chi connectivity index (χ2v) is 6.06. The molecule has 138 valence electrons. The van der Waals surface area contributed by atoms with Crippen LogP contribution in [0, 0.1) is 0 Å². The minimum Gasteiger partial charge on any atom is -0.385 e. The molecule has 0 heterocycles. The number of rotatable bonds is 10. The van der Waals surface area contributed by atoms with Crippen LogP contribution in [0.5, 0.6) is 0 Å². The Morgan fingerprint density at radius 2 is 1.83 bits per heavy atom. The van der Waals surface area contributed by atoms with Crippen molar-refractivity contribution in [2.24, 2.45) is 4.99 Å². The molecule has 0 unspecified atom stereocenters. The number of methoxy groups -OCH3 is 1. The summed E-state index contributed by atoms with van der Waals surface area (Å²) in [6.45, 7) is 8.38. The summed E-state index contributed by atoms with van der Waals surface area (Å²) in [6.07, 6.45) is 8.18. The fourth-order valence-corrected chi connectivity index (χ4v) is 2.85. The first kappa shape index (κ1) is 22.9. The lowest BCUT2D eigenvalue weighted by Crippen LogP contribution is -2.42. The standard InChI is InChI=1S/C17H35N3O2.HI/c1-4-13-22-17(10-7-6-8-11-17)15-20-16(18-5-2)19-12-9-14-21-3;/h4-15H2,1-3H3,(H2,18,19,20);1H. The van der Waals surface area contributed by atoms with E-state index in [0.717, 1.165) is 64.5 Å². The van der Waals surface area contributed by atoms with Crippen molar-refractivity contribution < 1.29 is 9.47 Å². The zero-order valence-corrected chi connectivity index (χ0v) is 17.5. The van der Waals surface area contributed by atoms with E-state index in [9.17, 15) is 0 Å². The summed E-state index contributed by atoms with van der Waals surface area (Å²) in [5, 5.41) is 6.69. The summed E-state index contributed by atoms with van der Waals surface area (Å²) in [4.78, 5) is 4.79. The van der Waals surface area contributed by atoms with E-state index in [-0.39, 0.29) is 29.6 Å². The second-order valence-electron chi connectivity index (χ2n) is 6.06. The summed E-state index contributed by atoms with van der Waals surface area (Å²) in [7, 11) is 1.73. The maximum Gasteiger partial charge on any atom is 0.191 e. The van der Waals surface area contributed by atoms with Crippen molar-refractivity contribution in [1.29, 1.82) is 0 Å². The van der Waals surface area contributed by atoms with Crippen LogP contribution in [0.25, 0.3) is 0 Å². The van der Waals surface area contributed by atoms with Crippen LogP contribution in [0.2, 0.25) is 0 Å². The molecule has 5 nitrogen and oxygen atoms in total. The number of ether oxygens (including phenoxy) is 2. The van der Waals surface area contributed by atoms with Gasteiger partial charge in [-0.15, -0.1) is 24.0 Å². The first-order valence-corrected chi connectivity index (χ1v) is 8.91. The van der Waals surface area contributed by atoms with Crippen molar-refractivity contribution >= 4 is 29.9 Å². The highest BCUT2D eigenvalue weighted by Gasteiger charge is 2.32. The number of hydrogen-bond acceptors (Lipinski definition) is 3. The van der Waals surface area contributed by atoms with Gasteiger partial charge in [0, 0.05) is 33.4 Å². The molecule has 0 saturated heterocycles. The van der Waals surface area contributed by atoms with Crippen LogP contribution in [0.3, 0.4) is 0 Å². The normalized spacial score (nSPS) is 17.4. The average molecular weight is 441 g/mol. The Labute approximate surface area is 159 Å². The van der Waals surface area contributed by atoms with E-state index in [4.69, 9.17) is 14.5 Å². The van der Waals surface area contributed by atoms with Crippen LogP contribution in [-0.2, 0) is 9.47 Å². The van der Waals surface area contributed by atoms with Crippen LogP contribution in [-0.4, -0.2) is 51.5 Å². The Morgan fingerprint density at radius 1 is 1.09 bits per heavy atom. The highest BCUT2D eigenvalue weighted by molar-refractivity contribution is 14.0. The molecule has 0 radical (unpaired) electrons. The number of nitrogens with zero attached hydrogens (tertiary/aromatic N) is 1. The summed E-state index contributed by atoms with van der Waals surface area (Å²) in [5.41, 5.74) is -0.0386. The first-order valence-electron chi connectivity index (χ1n) is 8.91. The van der Waals surface area contributed by atoms with E-state index in [0.29, 0.717) is 0 Å². The molecule has 0 spiro atoms. The second kappa shape index (κ2) is 14.3. The van der Waals surface area contributed by atoms with Gasteiger partial charge in [0.2, 0.25) is 0 Å². The Bertz CT molecular complexity index is 308. The van der Waals surface area contributed by atoms with Gasteiger partial charge in [0.1, 0.15) is 0 Å². The molecule has 2 N–H and O–H groups in total. The highest BCUT2D eigenvalue weighted by Crippen LogP contribution is 2.32. The largest absolute Gasteiger partial charge is 0.385 e. The highest BCUT2D eigenvalue weighted by atomic mass is 127. The zero-order valence-electron chi connectivity index (χ0n) is 15.2. The molecular weight excluding hydrogens is 405 g/mol. The molecule has 1 aliphatic carbocycles. The fraction of sp³-hybridized carbons (Fsp3) is 0.941. The molecule has 0 aromatic heterocycles. The quantitative estimate of drug-likeness (QED) is 0.236. The molecule has 0 aliphatic heterocycles. The predicted molar refractivity (Wildman–Crippen MR) is 108 cm³/mol. The first-order chi connectivity index (χ1) is 10.8. The van der Waals surface area contributed by atoms with Crippen molar-refractivity contribution in [3.05, 3.63) is 0 Å². The summed E-state index contributed by atoms with van der Waals surface area (Å²) in [6, 6.07) is 0. The van der Waals surface area contributed by atoms with E-state index in [1.165, 1.54) is 19.3 Å². The average Bonchev–Trinajstić information content (AvgIpc) is 2.55. The maximum atomic E-state index is 6.21. The lowest BCUT2D eigenvalue weighted by Gasteiger charge is -2.36. The number of hydrogen-bond donors (Lipinski definition) is 2. The zero-order chi connectivity index (χ0) is 16.1. The summed E-state index contributed by atoms with van der Waals surface area (Å²) < 4.78 is 11.3. The van der Waals surface area contributed by atoms with Gasteiger partial charge in [-0.1, -0.05) is 26.2 Å². The van der Waals surface area contributed by atoms with E-state index < -0.39 is 0 Å².